The Morgan fingerprint density at radius 3 is 2.58 bits per heavy atom. The van der Waals surface area contributed by atoms with Crippen LogP contribution in [-0.2, 0) is 32.9 Å². The molecule has 3 aromatic rings. The summed E-state index contributed by atoms with van der Waals surface area (Å²) in [6, 6.07) is 11.2. The summed E-state index contributed by atoms with van der Waals surface area (Å²) in [6.07, 6.45) is 0.0308. The zero-order valence-electron chi connectivity index (χ0n) is 18.6. The number of rotatable bonds is 6. The first kappa shape index (κ1) is 24.6. The summed E-state index contributed by atoms with van der Waals surface area (Å²) in [7, 11) is 1.00. The SMILES string of the molecule is CC[C@@](O)(C(=O)Cl)c1cc2n(c(=O)c1CCOC(C)=O)Cc1cc3ccccc3nc1-2.CO. The fraction of sp³-hybridized carbons (Fsp3) is 0.333. The maximum Gasteiger partial charge on any atom is 0.302 e. The van der Waals surface area contributed by atoms with Gasteiger partial charge in [0.2, 0.25) is 0 Å². The maximum atomic E-state index is 13.4. The number of fused-ring (bicyclic) bond motifs is 4. The normalized spacial score (nSPS) is 13.4. The first-order valence-electron chi connectivity index (χ1n) is 10.4. The first-order valence-corrected chi connectivity index (χ1v) is 10.8. The van der Waals surface area contributed by atoms with Crippen LogP contribution in [0.2, 0.25) is 0 Å². The van der Waals surface area contributed by atoms with Crippen LogP contribution in [-0.4, -0.2) is 44.7 Å². The third-order valence-corrected chi connectivity index (χ3v) is 6.03. The van der Waals surface area contributed by atoms with E-state index in [0.717, 1.165) is 23.6 Å². The van der Waals surface area contributed by atoms with Crippen LogP contribution in [0.5, 0.6) is 0 Å². The molecule has 1 atom stereocenters. The Hall–Kier alpha value is -3.07. The van der Waals surface area contributed by atoms with Crippen LogP contribution in [0.4, 0.5) is 0 Å². The molecule has 2 aromatic heterocycles. The van der Waals surface area contributed by atoms with Gasteiger partial charge in [-0.2, -0.15) is 0 Å². The second kappa shape index (κ2) is 9.82. The van der Waals surface area contributed by atoms with Crippen LogP contribution >= 0.6 is 11.6 Å². The Morgan fingerprint density at radius 2 is 1.94 bits per heavy atom. The van der Waals surface area contributed by atoms with Gasteiger partial charge in [0.15, 0.2) is 5.60 Å². The van der Waals surface area contributed by atoms with Crippen molar-refractivity contribution in [3.63, 3.8) is 0 Å². The van der Waals surface area contributed by atoms with Gasteiger partial charge in [-0.15, -0.1) is 0 Å². The van der Waals surface area contributed by atoms with E-state index < -0.39 is 16.8 Å². The molecule has 0 spiro atoms. The summed E-state index contributed by atoms with van der Waals surface area (Å²) < 4.78 is 6.56. The van der Waals surface area contributed by atoms with Gasteiger partial charge >= 0.3 is 5.97 Å². The number of halogens is 1. The highest BCUT2D eigenvalue weighted by atomic mass is 35.5. The topological polar surface area (TPSA) is 119 Å². The van der Waals surface area contributed by atoms with E-state index in [1.54, 1.807) is 17.6 Å². The Kier molecular flexibility index (Phi) is 7.31. The van der Waals surface area contributed by atoms with Gasteiger partial charge in [0.25, 0.3) is 10.8 Å². The van der Waals surface area contributed by atoms with E-state index in [2.05, 4.69) is 0 Å². The predicted octanol–water partition coefficient (Wildman–Crippen LogP) is 2.50. The minimum absolute atomic E-state index is 0.0171. The van der Waals surface area contributed by atoms with E-state index in [-0.39, 0.29) is 36.1 Å². The molecule has 33 heavy (non-hydrogen) atoms. The van der Waals surface area contributed by atoms with Crippen LogP contribution in [0.15, 0.2) is 41.2 Å². The number of esters is 1. The molecule has 0 unspecified atom stereocenters. The molecule has 2 N–H and O–H groups in total. The van der Waals surface area contributed by atoms with Crippen molar-refractivity contribution >= 4 is 33.7 Å². The van der Waals surface area contributed by atoms with Crippen molar-refractivity contribution < 1.29 is 24.5 Å². The summed E-state index contributed by atoms with van der Waals surface area (Å²) in [6.45, 7) is 3.15. The van der Waals surface area contributed by atoms with E-state index in [1.807, 2.05) is 30.3 Å². The number of benzene rings is 1. The number of aromatic nitrogens is 2. The third kappa shape index (κ3) is 4.42. The second-order valence-corrected chi connectivity index (χ2v) is 7.92. The largest absolute Gasteiger partial charge is 0.466 e. The van der Waals surface area contributed by atoms with E-state index in [9.17, 15) is 19.5 Å². The van der Waals surface area contributed by atoms with Crippen molar-refractivity contribution in [2.24, 2.45) is 0 Å². The average Bonchev–Trinajstić information content (AvgIpc) is 3.17. The molecule has 8 nitrogen and oxygen atoms in total. The lowest BCUT2D eigenvalue weighted by Gasteiger charge is -2.26. The minimum atomic E-state index is -2.04. The third-order valence-electron chi connectivity index (χ3n) is 5.71. The monoisotopic (exact) mass is 472 g/mol. The van der Waals surface area contributed by atoms with Gasteiger partial charge in [0.1, 0.15) is 0 Å². The minimum Gasteiger partial charge on any atom is -0.466 e. The number of nitrogens with zero attached hydrogens (tertiary/aromatic N) is 2. The van der Waals surface area contributed by atoms with Crippen molar-refractivity contribution in [3.8, 4) is 11.4 Å². The van der Waals surface area contributed by atoms with E-state index in [4.69, 9.17) is 26.4 Å². The Labute approximate surface area is 195 Å². The van der Waals surface area contributed by atoms with E-state index in [0.29, 0.717) is 17.9 Å². The molecule has 0 saturated heterocycles. The molecule has 0 saturated carbocycles. The molecule has 4 rings (SSSR count). The lowest BCUT2D eigenvalue weighted by molar-refractivity contribution is -0.140. The summed E-state index contributed by atoms with van der Waals surface area (Å²) in [4.78, 5) is 41.5. The summed E-state index contributed by atoms with van der Waals surface area (Å²) in [5.74, 6) is -0.481. The number of hydrogen-bond acceptors (Lipinski definition) is 7. The quantitative estimate of drug-likeness (QED) is 0.327. The van der Waals surface area contributed by atoms with E-state index >= 15 is 0 Å². The highest BCUT2D eigenvalue weighted by Crippen LogP contribution is 2.37. The van der Waals surface area contributed by atoms with Crippen LogP contribution < -0.4 is 5.56 Å². The first-order chi connectivity index (χ1) is 15.8. The number of pyridine rings is 2. The van der Waals surface area contributed by atoms with Gasteiger partial charge in [-0.1, -0.05) is 25.1 Å². The molecule has 9 heteroatoms. The fourth-order valence-electron chi connectivity index (χ4n) is 4.06. The Balaban J connectivity index is 0.00000149. The van der Waals surface area contributed by atoms with Crippen LogP contribution in [0.25, 0.3) is 22.3 Å². The van der Waals surface area contributed by atoms with Crippen molar-refractivity contribution in [2.75, 3.05) is 13.7 Å². The number of carbonyl (C=O) groups excluding carboxylic acids is 2. The maximum absolute atomic E-state index is 13.4. The summed E-state index contributed by atoms with van der Waals surface area (Å²) in [5, 5.41) is 18.1. The smallest absolute Gasteiger partial charge is 0.302 e. The molecule has 0 aliphatic carbocycles. The number of aliphatic hydroxyl groups is 2. The molecule has 1 aliphatic rings. The van der Waals surface area contributed by atoms with E-state index in [1.165, 1.54) is 6.92 Å². The van der Waals surface area contributed by atoms with Crippen LogP contribution in [0.1, 0.15) is 37.0 Å². The standard InChI is InChI=1S/C23H21ClN2O5.CH4O/c1-3-23(30,22(24)29)17-11-19-20-15(10-14-6-4-5-7-18(14)25-20)12-26(19)21(28)16(17)8-9-31-13(2)27;1-2/h4-7,10-11,30H,3,8-9,12H2,1-2H3;2H,1H3/t23-;/m0./s1. The molecule has 0 fully saturated rings. The average molecular weight is 473 g/mol. The van der Waals surface area contributed by atoms with Gasteiger partial charge in [0, 0.05) is 42.5 Å². The van der Waals surface area contributed by atoms with Gasteiger partial charge in [-0.3, -0.25) is 14.4 Å². The van der Waals surface area contributed by atoms with Crippen LogP contribution in [0.3, 0.4) is 0 Å². The van der Waals surface area contributed by atoms with Gasteiger partial charge in [-0.05, 0) is 36.2 Å². The Morgan fingerprint density at radius 1 is 1.24 bits per heavy atom. The van der Waals surface area contributed by atoms with Gasteiger partial charge in [0.05, 0.1) is 30.1 Å². The molecule has 0 bridgehead atoms. The van der Waals surface area contributed by atoms with Gasteiger partial charge in [-0.25, -0.2) is 4.98 Å². The fourth-order valence-corrected chi connectivity index (χ4v) is 4.29. The Bertz CT molecular complexity index is 1290. The molecular weight excluding hydrogens is 448 g/mol. The molecule has 0 radical (unpaired) electrons. The molecule has 174 valence electrons. The van der Waals surface area contributed by atoms with Crippen molar-refractivity contribution in [3.05, 3.63) is 63.4 Å². The lowest BCUT2D eigenvalue weighted by Crippen LogP contribution is -2.37. The highest BCUT2D eigenvalue weighted by molar-refractivity contribution is 6.65. The second-order valence-electron chi connectivity index (χ2n) is 7.58. The van der Waals surface area contributed by atoms with Crippen molar-refractivity contribution in [1.82, 2.24) is 9.55 Å². The molecular formula is C24H25ClN2O6. The number of carbonyl (C=O) groups is 2. The highest BCUT2D eigenvalue weighted by Gasteiger charge is 2.39. The molecule has 0 amide bonds. The zero-order valence-corrected chi connectivity index (χ0v) is 19.3. The van der Waals surface area contributed by atoms with Crippen LogP contribution in [0, 0.1) is 0 Å². The van der Waals surface area contributed by atoms with Gasteiger partial charge < -0.3 is 19.5 Å². The molecule has 1 aliphatic heterocycles. The predicted molar refractivity (Wildman–Crippen MR) is 124 cm³/mol. The molecule has 3 heterocycles. The van der Waals surface area contributed by atoms with Crippen molar-refractivity contribution in [2.45, 2.75) is 38.8 Å². The zero-order chi connectivity index (χ0) is 24.3. The lowest BCUT2D eigenvalue weighted by atomic mass is 9.87. The summed E-state index contributed by atoms with van der Waals surface area (Å²) in [5.41, 5.74) is 0.707. The molecule has 1 aromatic carbocycles. The summed E-state index contributed by atoms with van der Waals surface area (Å²) >= 11 is 5.76. The number of ether oxygens (including phenoxy) is 1. The number of para-hydroxylation sites is 1. The number of hydrogen-bond donors (Lipinski definition) is 2. The van der Waals surface area contributed by atoms with Crippen molar-refractivity contribution in [1.29, 1.82) is 0 Å². The number of aliphatic hydroxyl groups excluding tert-OH is 1.